The first-order valence-corrected chi connectivity index (χ1v) is 9.34. The average molecular weight is 400 g/mol. The number of aryl methyl sites for hydroxylation is 1. The van der Waals surface area contributed by atoms with Gasteiger partial charge in [-0.2, -0.15) is 0 Å². The second kappa shape index (κ2) is 7.08. The monoisotopic (exact) mass is 400 g/mol. The van der Waals surface area contributed by atoms with Crippen molar-refractivity contribution in [2.75, 3.05) is 6.79 Å². The molecule has 0 N–H and O–H groups in total. The zero-order valence-electron chi connectivity index (χ0n) is 16.0. The van der Waals surface area contributed by atoms with Gasteiger partial charge in [-0.25, -0.2) is 4.79 Å². The van der Waals surface area contributed by atoms with E-state index in [0.717, 1.165) is 11.1 Å². The van der Waals surface area contributed by atoms with Gasteiger partial charge >= 0.3 is 5.97 Å². The average Bonchev–Trinajstić information content (AvgIpc) is 3.33. The molecule has 0 fully saturated rings. The Balaban J connectivity index is 1.35. The van der Waals surface area contributed by atoms with Gasteiger partial charge in [-0.15, -0.1) is 0 Å². The highest BCUT2D eigenvalue weighted by atomic mass is 16.7. The Bertz CT molecular complexity index is 1210. The molecule has 0 radical (unpaired) electrons. The number of carbonyl (C=O) groups is 2. The molecule has 0 unspecified atom stereocenters. The number of carbonyl (C=O) groups excluding carboxylic acids is 2. The normalized spacial score (nSPS) is 15.1. The van der Waals surface area contributed by atoms with Crippen molar-refractivity contribution in [3.8, 4) is 23.0 Å². The molecule has 2 heterocycles. The van der Waals surface area contributed by atoms with E-state index in [1.165, 1.54) is 6.07 Å². The van der Waals surface area contributed by atoms with Crippen LogP contribution in [0.4, 0.5) is 0 Å². The fraction of sp³-hybridized carbons (Fsp3) is 0.0833. The number of esters is 1. The second-order valence-corrected chi connectivity index (χ2v) is 6.97. The van der Waals surface area contributed by atoms with E-state index in [-0.39, 0.29) is 24.1 Å². The predicted molar refractivity (Wildman–Crippen MR) is 108 cm³/mol. The number of hydrogen-bond donors (Lipinski definition) is 0. The van der Waals surface area contributed by atoms with Crippen LogP contribution < -0.4 is 18.9 Å². The minimum atomic E-state index is -0.548. The van der Waals surface area contributed by atoms with Gasteiger partial charge in [0.15, 0.2) is 17.3 Å². The van der Waals surface area contributed by atoms with E-state index in [0.29, 0.717) is 28.4 Å². The lowest BCUT2D eigenvalue weighted by atomic mass is 10.1. The Labute approximate surface area is 172 Å². The van der Waals surface area contributed by atoms with Gasteiger partial charge in [0.2, 0.25) is 12.6 Å². The van der Waals surface area contributed by atoms with Crippen LogP contribution >= 0.6 is 0 Å². The van der Waals surface area contributed by atoms with Gasteiger partial charge in [0, 0.05) is 6.07 Å². The summed E-state index contributed by atoms with van der Waals surface area (Å²) in [5.74, 6) is 1.19. The van der Waals surface area contributed by atoms with E-state index in [2.05, 4.69) is 0 Å². The molecule has 6 heteroatoms. The van der Waals surface area contributed by atoms with Crippen LogP contribution in [0, 0.1) is 6.92 Å². The van der Waals surface area contributed by atoms with Crippen LogP contribution in [-0.2, 0) is 0 Å². The molecule has 0 saturated carbocycles. The number of fused-ring (bicyclic) bond motifs is 2. The molecular formula is C24H16O6. The van der Waals surface area contributed by atoms with E-state index < -0.39 is 5.97 Å². The fourth-order valence-corrected chi connectivity index (χ4v) is 3.23. The molecule has 2 aliphatic rings. The van der Waals surface area contributed by atoms with Crippen LogP contribution in [0.1, 0.15) is 31.8 Å². The van der Waals surface area contributed by atoms with Crippen molar-refractivity contribution >= 4 is 17.8 Å². The van der Waals surface area contributed by atoms with E-state index in [1.54, 1.807) is 36.4 Å². The van der Waals surface area contributed by atoms with E-state index in [4.69, 9.17) is 18.9 Å². The molecule has 0 atom stereocenters. The topological polar surface area (TPSA) is 71.1 Å². The van der Waals surface area contributed by atoms with Crippen LogP contribution in [0.5, 0.6) is 23.0 Å². The van der Waals surface area contributed by atoms with E-state index in [9.17, 15) is 9.59 Å². The number of ether oxygens (including phenoxy) is 4. The summed E-state index contributed by atoms with van der Waals surface area (Å²) in [6.45, 7) is 2.12. The van der Waals surface area contributed by atoms with E-state index in [1.807, 2.05) is 31.2 Å². The highest BCUT2D eigenvalue weighted by Gasteiger charge is 2.28. The lowest BCUT2D eigenvalue weighted by molar-refractivity contribution is 0.0734. The molecule has 0 aromatic heterocycles. The molecule has 0 bridgehead atoms. The van der Waals surface area contributed by atoms with Crippen molar-refractivity contribution < 1.29 is 28.5 Å². The van der Waals surface area contributed by atoms with Gasteiger partial charge < -0.3 is 18.9 Å². The van der Waals surface area contributed by atoms with Crippen molar-refractivity contribution in [3.05, 3.63) is 88.7 Å². The predicted octanol–water partition coefficient (Wildman–Crippen LogP) is 4.56. The third-order valence-electron chi connectivity index (χ3n) is 4.84. The first kappa shape index (κ1) is 18.0. The molecular weight excluding hydrogens is 384 g/mol. The largest absolute Gasteiger partial charge is 0.454 e. The van der Waals surface area contributed by atoms with Gasteiger partial charge in [-0.3, -0.25) is 4.79 Å². The summed E-state index contributed by atoms with van der Waals surface area (Å²) in [5, 5.41) is 0. The highest BCUT2D eigenvalue weighted by molar-refractivity contribution is 6.14. The Hall–Kier alpha value is -4.06. The van der Waals surface area contributed by atoms with Crippen molar-refractivity contribution in [2.24, 2.45) is 0 Å². The second-order valence-electron chi connectivity index (χ2n) is 6.97. The van der Waals surface area contributed by atoms with Crippen molar-refractivity contribution in [2.45, 2.75) is 6.92 Å². The number of allylic oxidation sites excluding steroid dienone is 1. The Kier molecular flexibility index (Phi) is 4.25. The highest BCUT2D eigenvalue weighted by Crippen LogP contribution is 2.36. The van der Waals surface area contributed by atoms with Gasteiger partial charge in [-0.1, -0.05) is 29.8 Å². The van der Waals surface area contributed by atoms with Crippen molar-refractivity contribution in [1.29, 1.82) is 0 Å². The lowest BCUT2D eigenvalue weighted by Gasteiger charge is -2.06. The first-order valence-electron chi connectivity index (χ1n) is 9.34. The first-order chi connectivity index (χ1) is 14.6. The Morgan fingerprint density at radius 2 is 1.73 bits per heavy atom. The molecule has 2 aliphatic heterocycles. The fourth-order valence-electron chi connectivity index (χ4n) is 3.23. The summed E-state index contributed by atoms with van der Waals surface area (Å²) in [5.41, 5.74) is 2.76. The standard InChI is InChI=1S/C24H16O6/c1-14-2-4-15(5-3-14)10-22-23(25)18-8-7-17(12-20(18)30-22)29-24(26)16-6-9-19-21(11-16)28-13-27-19/h2-12H,13H2,1H3. The number of benzene rings is 3. The summed E-state index contributed by atoms with van der Waals surface area (Å²) < 4.78 is 21.7. The molecule has 0 saturated heterocycles. The quantitative estimate of drug-likeness (QED) is 0.365. The number of hydrogen-bond acceptors (Lipinski definition) is 6. The number of rotatable bonds is 3. The molecule has 5 rings (SSSR count). The maximum Gasteiger partial charge on any atom is 0.343 e. The third kappa shape index (κ3) is 3.28. The molecule has 6 nitrogen and oxygen atoms in total. The molecule has 30 heavy (non-hydrogen) atoms. The maximum absolute atomic E-state index is 12.6. The summed E-state index contributed by atoms with van der Waals surface area (Å²) >= 11 is 0. The van der Waals surface area contributed by atoms with Crippen LogP contribution in [0.15, 0.2) is 66.4 Å². The van der Waals surface area contributed by atoms with Gasteiger partial charge in [0.05, 0.1) is 11.1 Å². The van der Waals surface area contributed by atoms with Crippen LogP contribution in [0.2, 0.25) is 0 Å². The van der Waals surface area contributed by atoms with E-state index >= 15 is 0 Å². The van der Waals surface area contributed by atoms with Gasteiger partial charge in [-0.05, 0) is 48.9 Å². The molecule has 3 aromatic rings. The van der Waals surface area contributed by atoms with Crippen molar-refractivity contribution in [3.63, 3.8) is 0 Å². The van der Waals surface area contributed by atoms with Crippen molar-refractivity contribution in [1.82, 2.24) is 0 Å². The molecule has 148 valence electrons. The third-order valence-corrected chi connectivity index (χ3v) is 4.84. The minimum Gasteiger partial charge on any atom is -0.454 e. The SMILES string of the molecule is Cc1ccc(C=C2Oc3cc(OC(=O)c4ccc5c(c4)OCO5)ccc3C2=O)cc1. The van der Waals surface area contributed by atoms with Gasteiger partial charge in [0.25, 0.3) is 0 Å². The molecule has 0 aliphatic carbocycles. The lowest BCUT2D eigenvalue weighted by Crippen LogP contribution is -2.08. The Morgan fingerprint density at radius 1 is 0.933 bits per heavy atom. The zero-order chi connectivity index (χ0) is 20.7. The summed E-state index contributed by atoms with van der Waals surface area (Å²) in [6, 6.07) is 17.3. The van der Waals surface area contributed by atoms with Crippen LogP contribution in [0.3, 0.4) is 0 Å². The molecule has 0 amide bonds. The number of Topliss-reactive ketones (excluding diaryl/α,β-unsaturated/α-hetero) is 1. The minimum absolute atomic E-state index is 0.127. The molecule has 0 spiro atoms. The maximum atomic E-state index is 12.6. The van der Waals surface area contributed by atoms with Crippen LogP contribution in [-0.4, -0.2) is 18.5 Å². The smallest absolute Gasteiger partial charge is 0.343 e. The van der Waals surface area contributed by atoms with Gasteiger partial charge in [0.1, 0.15) is 11.5 Å². The summed E-state index contributed by atoms with van der Waals surface area (Å²) in [7, 11) is 0. The number of ketones is 1. The summed E-state index contributed by atoms with van der Waals surface area (Å²) in [4.78, 5) is 25.1. The zero-order valence-corrected chi connectivity index (χ0v) is 16.0. The summed E-state index contributed by atoms with van der Waals surface area (Å²) in [6.07, 6.45) is 1.69. The van der Waals surface area contributed by atoms with Crippen LogP contribution in [0.25, 0.3) is 6.08 Å². The molecule has 3 aromatic carbocycles. The Morgan fingerprint density at radius 3 is 2.57 bits per heavy atom.